The lowest BCUT2D eigenvalue weighted by atomic mass is 10.0. The van der Waals surface area contributed by atoms with Crippen molar-refractivity contribution in [1.82, 2.24) is 5.32 Å². The molecule has 1 aromatic heterocycles. The van der Waals surface area contributed by atoms with Crippen LogP contribution in [-0.2, 0) is 0 Å². The summed E-state index contributed by atoms with van der Waals surface area (Å²) in [6.45, 7) is 3.24. The van der Waals surface area contributed by atoms with Crippen molar-refractivity contribution in [2.24, 2.45) is 10.9 Å². The second-order valence-electron chi connectivity index (χ2n) is 3.67. The van der Waals surface area contributed by atoms with Gasteiger partial charge >= 0.3 is 0 Å². The number of nitrogens with zero attached hydrogens (tertiary/aromatic N) is 1. The van der Waals surface area contributed by atoms with Gasteiger partial charge in [-0.05, 0) is 35.8 Å². The number of furan rings is 1. The Balaban J connectivity index is 2.84. The standard InChI is InChI=1S/C9H12BrN3O3/c1-9(2,8(11)13-15)12-7(14)5-3-4-16-6(5)10/h3-4,15H,1-2H3,(H2,11,13)(H,12,14). The highest BCUT2D eigenvalue weighted by Crippen LogP contribution is 2.18. The van der Waals surface area contributed by atoms with E-state index in [1.54, 1.807) is 13.8 Å². The maximum absolute atomic E-state index is 11.8. The van der Waals surface area contributed by atoms with Crippen LogP contribution in [0, 0.1) is 0 Å². The molecule has 0 aliphatic rings. The molecule has 0 unspecified atom stereocenters. The first kappa shape index (κ1) is 12.6. The zero-order valence-corrected chi connectivity index (χ0v) is 10.4. The number of nitrogens with one attached hydrogen (secondary N) is 1. The maximum atomic E-state index is 11.8. The zero-order chi connectivity index (χ0) is 12.3. The summed E-state index contributed by atoms with van der Waals surface area (Å²) in [5.74, 6) is -0.460. The molecule has 0 saturated heterocycles. The van der Waals surface area contributed by atoms with E-state index in [-0.39, 0.29) is 11.7 Å². The Morgan fingerprint density at radius 2 is 2.31 bits per heavy atom. The lowest BCUT2D eigenvalue weighted by molar-refractivity contribution is 0.0929. The number of rotatable bonds is 3. The number of halogens is 1. The first-order chi connectivity index (χ1) is 7.38. The monoisotopic (exact) mass is 289 g/mol. The SMILES string of the molecule is CC(C)(NC(=O)c1ccoc1Br)/C(N)=N/O. The van der Waals surface area contributed by atoms with Gasteiger partial charge in [0.05, 0.1) is 17.4 Å². The van der Waals surface area contributed by atoms with E-state index in [9.17, 15) is 4.79 Å². The first-order valence-electron chi connectivity index (χ1n) is 4.42. The highest BCUT2D eigenvalue weighted by molar-refractivity contribution is 9.10. The third-order valence-corrected chi connectivity index (χ3v) is 2.65. The Kier molecular flexibility index (Phi) is 3.58. The van der Waals surface area contributed by atoms with E-state index in [2.05, 4.69) is 26.4 Å². The van der Waals surface area contributed by atoms with Gasteiger partial charge in [-0.3, -0.25) is 4.79 Å². The van der Waals surface area contributed by atoms with Crippen molar-refractivity contribution in [3.05, 3.63) is 22.6 Å². The molecule has 1 heterocycles. The molecule has 88 valence electrons. The van der Waals surface area contributed by atoms with Gasteiger partial charge in [-0.25, -0.2) is 0 Å². The second-order valence-corrected chi connectivity index (χ2v) is 4.39. The number of amidine groups is 1. The number of hydrogen-bond donors (Lipinski definition) is 3. The summed E-state index contributed by atoms with van der Waals surface area (Å²) in [6, 6.07) is 1.52. The van der Waals surface area contributed by atoms with E-state index in [0.717, 1.165) is 0 Å². The molecule has 1 aromatic rings. The van der Waals surface area contributed by atoms with E-state index in [1.165, 1.54) is 12.3 Å². The summed E-state index contributed by atoms with van der Waals surface area (Å²) >= 11 is 3.09. The predicted molar refractivity (Wildman–Crippen MR) is 61.4 cm³/mol. The summed E-state index contributed by atoms with van der Waals surface area (Å²) in [5, 5.41) is 14.0. The molecule has 7 heteroatoms. The molecule has 1 rings (SSSR count). The summed E-state index contributed by atoms with van der Waals surface area (Å²) in [4.78, 5) is 11.8. The van der Waals surface area contributed by atoms with Crippen LogP contribution in [0.2, 0.25) is 0 Å². The molecule has 0 fully saturated rings. The van der Waals surface area contributed by atoms with Gasteiger partial charge in [0.1, 0.15) is 0 Å². The van der Waals surface area contributed by atoms with Crippen LogP contribution in [0.3, 0.4) is 0 Å². The summed E-state index contributed by atoms with van der Waals surface area (Å²) in [5.41, 5.74) is 4.84. The van der Waals surface area contributed by atoms with Crippen molar-refractivity contribution in [3.63, 3.8) is 0 Å². The van der Waals surface area contributed by atoms with Gasteiger partial charge in [-0.1, -0.05) is 5.16 Å². The Morgan fingerprint density at radius 1 is 1.69 bits per heavy atom. The van der Waals surface area contributed by atoms with Gasteiger partial charge in [0, 0.05) is 0 Å². The van der Waals surface area contributed by atoms with E-state index in [4.69, 9.17) is 15.4 Å². The van der Waals surface area contributed by atoms with E-state index in [1.807, 2.05) is 0 Å². The van der Waals surface area contributed by atoms with Gasteiger partial charge in [0.15, 0.2) is 10.5 Å². The van der Waals surface area contributed by atoms with E-state index in [0.29, 0.717) is 10.2 Å². The molecule has 0 saturated carbocycles. The molecule has 0 aliphatic carbocycles. The Labute approximate surface area is 101 Å². The predicted octanol–water partition coefficient (Wildman–Crippen LogP) is 1.30. The minimum Gasteiger partial charge on any atom is -0.457 e. The minimum absolute atomic E-state index is 0.0829. The topological polar surface area (TPSA) is 101 Å². The van der Waals surface area contributed by atoms with Crippen LogP contribution in [-0.4, -0.2) is 22.5 Å². The molecule has 4 N–H and O–H groups in total. The molecular formula is C9H12BrN3O3. The normalized spacial score (nSPS) is 12.6. The van der Waals surface area contributed by atoms with Gasteiger partial charge in [-0.15, -0.1) is 0 Å². The van der Waals surface area contributed by atoms with Gasteiger partial charge < -0.3 is 20.7 Å². The molecule has 0 aromatic carbocycles. The smallest absolute Gasteiger partial charge is 0.256 e. The number of hydrogen-bond acceptors (Lipinski definition) is 4. The highest BCUT2D eigenvalue weighted by atomic mass is 79.9. The van der Waals surface area contributed by atoms with Crippen molar-refractivity contribution in [2.75, 3.05) is 0 Å². The molecule has 1 amide bonds. The fourth-order valence-electron chi connectivity index (χ4n) is 0.996. The lowest BCUT2D eigenvalue weighted by Gasteiger charge is -2.24. The number of oxime groups is 1. The number of carbonyl (C=O) groups excluding carboxylic acids is 1. The highest BCUT2D eigenvalue weighted by Gasteiger charge is 2.27. The van der Waals surface area contributed by atoms with Crippen LogP contribution in [0.1, 0.15) is 24.2 Å². The Morgan fingerprint density at radius 3 is 2.75 bits per heavy atom. The minimum atomic E-state index is -0.942. The zero-order valence-electron chi connectivity index (χ0n) is 8.82. The van der Waals surface area contributed by atoms with Crippen molar-refractivity contribution in [1.29, 1.82) is 0 Å². The van der Waals surface area contributed by atoms with Gasteiger partial charge in [0.25, 0.3) is 5.91 Å². The molecule has 0 bridgehead atoms. The number of carbonyl (C=O) groups is 1. The third kappa shape index (κ3) is 2.54. The molecule has 0 spiro atoms. The van der Waals surface area contributed by atoms with Crippen LogP contribution >= 0.6 is 15.9 Å². The second kappa shape index (κ2) is 4.56. The van der Waals surface area contributed by atoms with E-state index < -0.39 is 5.54 Å². The van der Waals surface area contributed by atoms with Gasteiger partial charge in [0.2, 0.25) is 0 Å². The van der Waals surface area contributed by atoms with Crippen molar-refractivity contribution in [3.8, 4) is 0 Å². The molecule has 0 atom stereocenters. The average Bonchev–Trinajstić information content (AvgIpc) is 2.62. The van der Waals surface area contributed by atoms with Crippen molar-refractivity contribution in [2.45, 2.75) is 19.4 Å². The molecular weight excluding hydrogens is 278 g/mol. The number of nitrogens with two attached hydrogens (primary N) is 1. The van der Waals surface area contributed by atoms with Crippen LogP contribution in [0.5, 0.6) is 0 Å². The average molecular weight is 290 g/mol. The summed E-state index contributed by atoms with van der Waals surface area (Å²) < 4.78 is 5.27. The van der Waals surface area contributed by atoms with Crippen molar-refractivity contribution < 1.29 is 14.4 Å². The third-order valence-electron chi connectivity index (χ3n) is 2.04. The first-order valence-corrected chi connectivity index (χ1v) is 5.21. The Bertz CT molecular complexity index is 425. The van der Waals surface area contributed by atoms with Crippen LogP contribution in [0.4, 0.5) is 0 Å². The maximum Gasteiger partial charge on any atom is 0.256 e. The van der Waals surface area contributed by atoms with Gasteiger partial charge in [-0.2, -0.15) is 0 Å². The Hall–Kier alpha value is -1.50. The number of amides is 1. The largest absolute Gasteiger partial charge is 0.457 e. The fraction of sp³-hybridized carbons (Fsp3) is 0.333. The summed E-state index contributed by atoms with van der Waals surface area (Å²) in [6.07, 6.45) is 1.38. The van der Waals surface area contributed by atoms with Crippen molar-refractivity contribution >= 4 is 27.7 Å². The quantitative estimate of drug-likeness (QED) is 0.338. The van der Waals surface area contributed by atoms with E-state index >= 15 is 0 Å². The van der Waals surface area contributed by atoms with Crippen LogP contribution in [0.25, 0.3) is 0 Å². The molecule has 0 aliphatic heterocycles. The molecule has 0 radical (unpaired) electrons. The fourth-order valence-corrected chi connectivity index (χ4v) is 1.42. The summed E-state index contributed by atoms with van der Waals surface area (Å²) in [7, 11) is 0. The molecule has 6 nitrogen and oxygen atoms in total. The molecule has 16 heavy (non-hydrogen) atoms. The van der Waals surface area contributed by atoms with Crippen LogP contribution < -0.4 is 11.1 Å². The lowest BCUT2D eigenvalue weighted by Crippen LogP contribution is -2.53. The van der Waals surface area contributed by atoms with Crippen LogP contribution in [0.15, 0.2) is 26.6 Å².